The van der Waals surface area contributed by atoms with Crippen molar-refractivity contribution in [2.45, 2.75) is 53.4 Å². The fourth-order valence-corrected chi connectivity index (χ4v) is 5.07. The Hall–Kier alpha value is -0.430. The first-order valence-electron chi connectivity index (χ1n) is 6.77. The average molecular weight is 258 g/mol. The maximum absolute atomic E-state index is 12.9. The van der Waals surface area contributed by atoms with Crippen LogP contribution in [0, 0.1) is 0 Å². The molecule has 0 aromatic heterocycles. The molecule has 0 fully saturated rings. The van der Waals surface area contributed by atoms with Crippen molar-refractivity contribution in [1.29, 1.82) is 0 Å². The summed E-state index contributed by atoms with van der Waals surface area (Å²) in [5, 5.41) is 0. The average Bonchev–Trinajstić information content (AvgIpc) is 2.43. The molecule has 3 nitrogen and oxygen atoms in total. The third-order valence-corrected chi connectivity index (χ3v) is 6.43. The second kappa shape index (κ2) is 5.95. The van der Waals surface area contributed by atoms with Gasteiger partial charge in [-0.2, -0.15) is 0 Å². The normalized spacial score (nSPS) is 19.4. The smallest absolute Gasteiger partial charge is 0.259 e. The molecule has 1 heterocycles. The van der Waals surface area contributed by atoms with E-state index in [1.807, 2.05) is 6.66 Å². The molecule has 1 rings (SSSR count). The summed E-state index contributed by atoms with van der Waals surface area (Å²) >= 11 is 0. The highest BCUT2D eigenvalue weighted by molar-refractivity contribution is 7.58. The van der Waals surface area contributed by atoms with Gasteiger partial charge in [0.05, 0.1) is 0 Å². The summed E-state index contributed by atoms with van der Waals surface area (Å²) in [7, 11) is -2.34. The van der Waals surface area contributed by atoms with E-state index in [1.54, 1.807) is 0 Å². The van der Waals surface area contributed by atoms with Gasteiger partial charge in [0.2, 0.25) is 0 Å². The van der Waals surface area contributed by atoms with Crippen LogP contribution in [-0.4, -0.2) is 29.1 Å². The van der Waals surface area contributed by atoms with Crippen molar-refractivity contribution < 1.29 is 4.57 Å². The topological polar surface area (TPSA) is 23.6 Å². The summed E-state index contributed by atoms with van der Waals surface area (Å²) in [5.41, 5.74) is 2.42. The molecule has 0 bridgehead atoms. The third-order valence-electron chi connectivity index (χ3n) is 3.64. The molecule has 0 aromatic carbocycles. The van der Waals surface area contributed by atoms with Crippen molar-refractivity contribution in [1.82, 2.24) is 9.34 Å². The summed E-state index contributed by atoms with van der Waals surface area (Å²) < 4.78 is 17.2. The fourth-order valence-electron chi connectivity index (χ4n) is 2.38. The van der Waals surface area contributed by atoms with Crippen LogP contribution in [0.2, 0.25) is 0 Å². The lowest BCUT2D eigenvalue weighted by atomic mass is 10.3. The van der Waals surface area contributed by atoms with E-state index in [2.05, 4.69) is 37.0 Å². The van der Waals surface area contributed by atoms with Crippen molar-refractivity contribution in [2.75, 3.05) is 19.8 Å². The van der Waals surface area contributed by atoms with Crippen LogP contribution in [0.25, 0.3) is 0 Å². The molecule has 17 heavy (non-hydrogen) atoms. The maximum atomic E-state index is 12.9. The van der Waals surface area contributed by atoms with Crippen LogP contribution >= 0.6 is 7.44 Å². The van der Waals surface area contributed by atoms with Gasteiger partial charge < -0.3 is 9.34 Å². The quantitative estimate of drug-likeness (QED) is 0.664. The lowest BCUT2D eigenvalue weighted by Crippen LogP contribution is -2.22. The number of unbranched alkanes of at least 4 members (excludes halogenated alkanes) is 2. The van der Waals surface area contributed by atoms with Crippen molar-refractivity contribution in [3.63, 3.8) is 0 Å². The summed E-state index contributed by atoms with van der Waals surface area (Å²) in [4.78, 5) is 0. The zero-order valence-electron chi connectivity index (χ0n) is 12.0. The van der Waals surface area contributed by atoms with Gasteiger partial charge in [0.15, 0.2) is 0 Å². The molecule has 4 heteroatoms. The standard InChI is InChI=1S/C13H27N2OP/c1-6-8-10-14-12(3)13(4)15(11-9-7-2)17(14,5)16/h6-11H2,1-5H3. The van der Waals surface area contributed by atoms with E-state index in [4.69, 9.17) is 0 Å². The molecule has 0 aromatic rings. The lowest BCUT2D eigenvalue weighted by Gasteiger charge is -2.31. The van der Waals surface area contributed by atoms with E-state index in [9.17, 15) is 4.57 Å². The molecule has 0 saturated carbocycles. The van der Waals surface area contributed by atoms with Gasteiger partial charge in [-0.3, -0.25) is 4.57 Å². The Morgan fingerprint density at radius 3 is 1.59 bits per heavy atom. The second-order valence-electron chi connectivity index (χ2n) is 4.96. The zero-order chi connectivity index (χ0) is 13.1. The second-order valence-corrected chi connectivity index (χ2v) is 7.60. The lowest BCUT2D eigenvalue weighted by molar-refractivity contribution is 0.434. The van der Waals surface area contributed by atoms with E-state index in [-0.39, 0.29) is 0 Å². The van der Waals surface area contributed by atoms with Gasteiger partial charge in [-0.05, 0) is 26.7 Å². The number of allylic oxidation sites excluding steroid dienone is 2. The van der Waals surface area contributed by atoms with Crippen LogP contribution in [0.15, 0.2) is 11.4 Å². The van der Waals surface area contributed by atoms with Crippen molar-refractivity contribution >= 4 is 7.44 Å². The number of hydrogen-bond donors (Lipinski definition) is 0. The Morgan fingerprint density at radius 2 is 1.29 bits per heavy atom. The van der Waals surface area contributed by atoms with Gasteiger partial charge in [-0.1, -0.05) is 26.7 Å². The molecule has 1 aliphatic rings. The van der Waals surface area contributed by atoms with Crippen molar-refractivity contribution in [3.8, 4) is 0 Å². The van der Waals surface area contributed by atoms with E-state index in [0.717, 1.165) is 38.8 Å². The number of rotatable bonds is 6. The van der Waals surface area contributed by atoms with E-state index in [0.29, 0.717) is 0 Å². The molecule has 0 aliphatic carbocycles. The molecule has 0 saturated heterocycles. The van der Waals surface area contributed by atoms with E-state index in [1.165, 1.54) is 11.4 Å². The monoisotopic (exact) mass is 258 g/mol. The molecular formula is C13H27N2OP. The number of hydrogen-bond acceptors (Lipinski definition) is 1. The Balaban J connectivity index is 2.85. The summed E-state index contributed by atoms with van der Waals surface area (Å²) in [5.74, 6) is 0. The highest BCUT2D eigenvalue weighted by Crippen LogP contribution is 2.59. The molecule has 0 atom stereocenters. The SMILES string of the molecule is CCCCN1C(C)=C(C)N(CCCC)P1(C)=O. The van der Waals surface area contributed by atoms with Crippen molar-refractivity contribution in [2.24, 2.45) is 0 Å². The van der Waals surface area contributed by atoms with E-state index < -0.39 is 7.44 Å². The van der Waals surface area contributed by atoms with Crippen LogP contribution in [0.4, 0.5) is 0 Å². The predicted octanol–water partition coefficient (Wildman–Crippen LogP) is 4.28. The zero-order valence-corrected chi connectivity index (χ0v) is 12.9. The first-order valence-corrected chi connectivity index (χ1v) is 8.83. The van der Waals surface area contributed by atoms with Crippen LogP contribution < -0.4 is 0 Å². The highest BCUT2D eigenvalue weighted by Gasteiger charge is 2.39. The number of nitrogens with zero attached hydrogens (tertiary/aromatic N) is 2. The maximum Gasteiger partial charge on any atom is 0.259 e. The molecule has 0 unspecified atom stereocenters. The minimum Gasteiger partial charge on any atom is -0.309 e. The van der Waals surface area contributed by atoms with Gasteiger partial charge in [-0.15, -0.1) is 0 Å². The largest absolute Gasteiger partial charge is 0.309 e. The molecule has 1 aliphatic heterocycles. The van der Waals surface area contributed by atoms with Gasteiger partial charge in [0.1, 0.15) is 0 Å². The van der Waals surface area contributed by atoms with Gasteiger partial charge in [0, 0.05) is 31.1 Å². The molecule has 0 radical (unpaired) electrons. The van der Waals surface area contributed by atoms with Crippen LogP contribution in [0.1, 0.15) is 53.4 Å². The van der Waals surface area contributed by atoms with Crippen LogP contribution in [-0.2, 0) is 4.57 Å². The summed E-state index contributed by atoms with van der Waals surface area (Å²) in [6, 6.07) is 0. The molecule has 100 valence electrons. The first-order chi connectivity index (χ1) is 7.96. The van der Waals surface area contributed by atoms with Gasteiger partial charge in [0.25, 0.3) is 7.44 Å². The molecule has 0 amide bonds. The van der Waals surface area contributed by atoms with E-state index >= 15 is 0 Å². The Morgan fingerprint density at radius 1 is 0.941 bits per heavy atom. The van der Waals surface area contributed by atoms with Crippen molar-refractivity contribution in [3.05, 3.63) is 11.4 Å². The Bertz CT molecular complexity index is 310. The molecule has 0 N–H and O–H groups in total. The highest BCUT2D eigenvalue weighted by atomic mass is 31.2. The molecule has 0 spiro atoms. The summed E-state index contributed by atoms with van der Waals surface area (Å²) in [6.45, 7) is 12.3. The first kappa shape index (κ1) is 14.6. The minimum absolute atomic E-state index is 0.927. The fraction of sp³-hybridized carbons (Fsp3) is 0.846. The Labute approximate surface area is 106 Å². The van der Waals surface area contributed by atoms with Crippen LogP contribution in [0.3, 0.4) is 0 Å². The summed E-state index contributed by atoms with van der Waals surface area (Å²) in [6.07, 6.45) is 4.53. The minimum atomic E-state index is -2.34. The van der Waals surface area contributed by atoms with Crippen LogP contribution in [0.5, 0.6) is 0 Å². The van der Waals surface area contributed by atoms with Gasteiger partial charge >= 0.3 is 0 Å². The van der Waals surface area contributed by atoms with Gasteiger partial charge in [-0.25, -0.2) is 0 Å². The third kappa shape index (κ3) is 2.88. The Kier molecular flexibility index (Phi) is 5.12. The predicted molar refractivity (Wildman–Crippen MR) is 75.1 cm³/mol. The molecular weight excluding hydrogens is 231 g/mol.